The van der Waals surface area contributed by atoms with E-state index in [2.05, 4.69) is 5.32 Å². The van der Waals surface area contributed by atoms with Crippen LogP contribution >= 0.6 is 0 Å². The van der Waals surface area contributed by atoms with E-state index in [1.54, 1.807) is 11.8 Å². The number of hydrogen-bond donors (Lipinski definition) is 1. The maximum Gasteiger partial charge on any atom is 0.270 e. The van der Waals surface area contributed by atoms with E-state index in [1.807, 2.05) is 0 Å². The van der Waals surface area contributed by atoms with Crippen LogP contribution in [-0.4, -0.2) is 60.3 Å². The summed E-state index contributed by atoms with van der Waals surface area (Å²) >= 11 is 0. The Morgan fingerprint density at radius 1 is 1.26 bits per heavy atom. The van der Waals surface area contributed by atoms with E-state index in [0.717, 1.165) is 12.8 Å². The Morgan fingerprint density at radius 2 is 1.93 bits per heavy atom. The Hall–Kier alpha value is -2.52. The fraction of sp³-hybridized carbons (Fsp3) is 0.556. The van der Waals surface area contributed by atoms with Crippen molar-refractivity contribution in [1.82, 2.24) is 10.2 Å². The lowest BCUT2D eigenvalue weighted by Gasteiger charge is -2.35. The van der Waals surface area contributed by atoms with E-state index >= 15 is 0 Å². The molecule has 0 spiro atoms. The summed E-state index contributed by atoms with van der Waals surface area (Å²) in [5, 5.41) is 13.5. The zero-order valence-electron chi connectivity index (χ0n) is 15.1. The molecule has 0 saturated carbocycles. The third-order valence-corrected chi connectivity index (χ3v) is 4.92. The summed E-state index contributed by atoms with van der Waals surface area (Å²) in [5.74, 6) is -0.394. The number of amides is 2. The number of ether oxygens (including phenoxy) is 2. The Bertz CT molecular complexity index is 711. The van der Waals surface area contributed by atoms with E-state index in [1.165, 1.54) is 24.3 Å². The van der Waals surface area contributed by atoms with Crippen LogP contribution in [0.3, 0.4) is 0 Å². The second kappa shape index (κ2) is 8.45. The van der Waals surface area contributed by atoms with Gasteiger partial charge in [-0.2, -0.15) is 0 Å². The third kappa shape index (κ3) is 4.61. The van der Waals surface area contributed by atoms with Crippen molar-refractivity contribution >= 4 is 17.5 Å². The highest BCUT2D eigenvalue weighted by Gasteiger charge is 2.33. The molecule has 0 aliphatic carbocycles. The van der Waals surface area contributed by atoms with Gasteiger partial charge in [0.15, 0.2) is 6.29 Å². The van der Waals surface area contributed by atoms with Crippen LogP contribution in [0.25, 0.3) is 0 Å². The number of carbonyl (C=O) groups excluding carboxylic acids is 2. The van der Waals surface area contributed by atoms with Crippen molar-refractivity contribution in [3.63, 3.8) is 0 Å². The number of rotatable bonds is 5. The molecule has 146 valence electrons. The quantitative estimate of drug-likeness (QED) is 0.612. The molecule has 1 atom stereocenters. The van der Waals surface area contributed by atoms with Crippen LogP contribution < -0.4 is 5.32 Å². The predicted molar refractivity (Wildman–Crippen MR) is 95.0 cm³/mol. The molecule has 1 aromatic rings. The van der Waals surface area contributed by atoms with Crippen molar-refractivity contribution in [2.45, 2.75) is 32.1 Å². The first-order valence-electron chi connectivity index (χ1n) is 9.03. The summed E-state index contributed by atoms with van der Waals surface area (Å²) in [4.78, 5) is 36.9. The fourth-order valence-electron chi connectivity index (χ4n) is 3.42. The molecule has 1 unspecified atom stereocenters. The number of hydrogen-bond acceptors (Lipinski definition) is 6. The normalized spacial score (nSPS) is 19.7. The number of nitrogens with zero attached hydrogens (tertiary/aromatic N) is 2. The average Bonchev–Trinajstić information content (AvgIpc) is 3.22. The molecule has 1 N–H and O–H groups in total. The minimum atomic E-state index is -0.715. The molecule has 2 aliphatic rings. The molecule has 0 bridgehead atoms. The molecule has 0 aromatic heterocycles. The van der Waals surface area contributed by atoms with Gasteiger partial charge in [-0.15, -0.1) is 0 Å². The van der Waals surface area contributed by atoms with E-state index in [-0.39, 0.29) is 29.4 Å². The van der Waals surface area contributed by atoms with Gasteiger partial charge < -0.3 is 19.7 Å². The number of nitrogens with one attached hydrogen (secondary N) is 1. The van der Waals surface area contributed by atoms with Crippen LogP contribution in [0.2, 0.25) is 0 Å². The van der Waals surface area contributed by atoms with Crippen LogP contribution in [-0.2, 0) is 14.3 Å². The van der Waals surface area contributed by atoms with Crippen molar-refractivity contribution < 1.29 is 24.0 Å². The predicted octanol–water partition coefficient (Wildman–Crippen LogP) is 1.32. The van der Waals surface area contributed by atoms with Crippen molar-refractivity contribution in [2.24, 2.45) is 5.92 Å². The summed E-state index contributed by atoms with van der Waals surface area (Å²) < 4.78 is 11.1. The Balaban J connectivity index is 1.52. The SMILES string of the molecule is CC(NC(=O)c1cccc([N+](=O)[O-])c1)C(=O)N1CCC(C2OCCO2)CC1. The maximum absolute atomic E-state index is 12.6. The standard InChI is InChI=1S/C18H23N3O6/c1-12(19-16(22)14-3-2-4-15(11-14)21(24)25)17(23)20-7-5-13(6-8-20)18-26-9-10-27-18/h2-4,11-13,18H,5-10H2,1H3,(H,19,22). The summed E-state index contributed by atoms with van der Waals surface area (Å²) in [6, 6.07) is 4.71. The molecule has 9 nitrogen and oxygen atoms in total. The van der Waals surface area contributed by atoms with Gasteiger partial charge in [-0.3, -0.25) is 19.7 Å². The Morgan fingerprint density at radius 3 is 2.56 bits per heavy atom. The molecule has 0 radical (unpaired) electrons. The highest BCUT2D eigenvalue weighted by molar-refractivity contribution is 5.97. The number of likely N-dealkylation sites (tertiary alicyclic amines) is 1. The fourth-order valence-corrected chi connectivity index (χ4v) is 3.42. The minimum Gasteiger partial charge on any atom is -0.350 e. The molecule has 3 rings (SSSR count). The van der Waals surface area contributed by atoms with Crippen molar-refractivity contribution in [3.8, 4) is 0 Å². The number of piperidine rings is 1. The third-order valence-electron chi connectivity index (χ3n) is 4.92. The molecule has 2 fully saturated rings. The Labute approximate surface area is 156 Å². The van der Waals surface area contributed by atoms with E-state index in [0.29, 0.717) is 26.3 Å². The maximum atomic E-state index is 12.6. The number of nitro benzene ring substituents is 1. The Kier molecular flexibility index (Phi) is 6.02. The second-order valence-corrected chi connectivity index (χ2v) is 6.78. The molecule has 27 heavy (non-hydrogen) atoms. The number of nitro groups is 1. The van der Waals surface area contributed by atoms with Gasteiger partial charge in [-0.25, -0.2) is 0 Å². The monoisotopic (exact) mass is 377 g/mol. The van der Waals surface area contributed by atoms with Crippen LogP contribution in [0, 0.1) is 16.0 Å². The van der Waals surface area contributed by atoms with Crippen LogP contribution in [0.15, 0.2) is 24.3 Å². The zero-order valence-corrected chi connectivity index (χ0v) is 15.1. The molecule has 1 aromatic carbocycles. The summed E-state index contributed by atoms with van der Waals surface area (Å²) in [7, 11) is 0. The number of benzene rings is 1. The van der Waals surface area contributed by atoms with Crippen LogP contribution in [0.1, 0.15) is 30.1 Å². The highest BCUT2D eigenvalue weighted by atomic mass is 16.7. The molecule has 2 aliphatic heterocycles. The molecular formula is C18H23N3O6. The van der Waals surface area contributed by atoms with Crippen LogP contribution in [0.4, 0.5) is 5.69 Å². The lowest BCUT2D eigenvalue weighted by Crippen LogP contribution is -2.50. The molecule has 2 amide bonds. The van der Waals surface area contributed by atoms with Gasteiger partial charge in [0.25, 0.3) is 11.6 Å². The van der Waals surface area contributed by atoms with Gasteiger partial charge in [0.05, 0.1) is 18.1 Å². The van der Waals surface area contributed by atoms with Gasteiger partial charge in [-0.1, -0.05) is 6.07 Å². The van der Waals surface area contributed by atoms with Gasteiger partial charge in [0.1, 0.15) is 6.04 Å². The first kappa shape index (κ1) is 19.2. The molecule has 9 heteroatoms. The van der Waals surface area contributed by atoms with Crippen molar-refractivity contribution in [2.75, 3.05) is 26.3 Å². The van der Waals surface area contributed by atoms with Gasteiger partial charge in [0, 0.05) is 36.7 Å². The van der Waals surface area contributed by atoms with E-state index in [4.69, 9.17) is 9.47 Å². The van der Waals surface area contributed by atoms with Gasteiger partial charge in [0.2, 0.25) is 5.91 Å². The summed E-state index contributed by atoms with van der Waals surface area (Å²) in [6.07, 6.45) is 1.41. The molecular weight excluding hydrogens is 354 g/mol. The van der Waals surface area contributed by atoms with Gasteiger partial charge >= 0.3 is 0 Å². The lowest BCUT2D eigenvalue weighted by molar-refractivity contribution is -0.384. The lowest BCUT2D eigenvalue weighted by atomic mass is 9.96. The highest BCUT2D eigenvalue weighted by Crippen LogP contribution is 2.26. The van der Waals surface area contributed by atoms with Crippen LogP contribution in [0.5, 0.6) is 0 Å². The van der Waals surface area contributed by atoms with Crippen molar-refractivity contribution in [3.05, 3.63) is 39.9 Å². The molecule has 2 saturated heterocycles. The topological polar surface area (TPSA) is 111 Å². The zero-order chi connectivity index (χ0) is 19.4. The number of carbonyl (C=O) groups is 2. The van der Waals surface area contributed by atoms with Crippen molar-refractivity contribution in [1.29, 1.82) is 0 Å². The first-order chi connectivity index (χ1) is 13.0. The van der Waals surface area contributed by atoms with Gasteiger partial charge in [-0.05, 0) is 25.8 Å². The second-order valence-electron chi connectivity index (χ2n) is 6.78. The largest absolute Gasteiger partial charge is 0.350 e. The number of non-ortho nitro benzene ring substituents is 1. The summed E-state index contributed by atoms with van der Waals surface area (Å²) in [6.45, 7) is 4.02. The first-order valence-corrected chi connectivity index (χ1v) is 9.03. The molecule has 2 heterocycles. The van der Waals surface area contributed by atoms with E-state index < -0.39 is 16.9 Å². The average molecular weight is 377 g/mol. The minimum absolute atomic E-state index is 0.151. The van der Waals surface area contributed by atoms with E-state index in [9.17, 15) is 19.7 Å². The summed E-state index contributed by atoms with van der Waals surface area (Å²) in [5.41, 5.74) is -0.0156. The smallest absolute Gasteiger partial charge is 0.270 e.